The minimum absolute atomic E-state index is 0.0592. The van der Waals surface area contributed by atoms with E-state index < -0.39 is 5.91 Å². The van der Waals surface area contributed by atoms with Gasteiger partial charge in [-0.15, -0.1) is 0 Å². The van der Waals surface area contributed by atoms with Crippen LogP contribution in [0.5, 0.6) is 5.75 Å². The number of anilines is 1. The Labute approximate surface area is 184 Å². The van der Waals surface area contributed by atoms with Crippen LogP contribution in [0.2, 0.25) is 5.15 Å². The van der Waals surface area contributed by atoms with Crippen LogP contribution in [0.1, 0.15) is 48.2 Å². The Bertz CT molecular complexity index is 1140. The summed E-state index contributed by atoms with van der Waals surface area (Å²) >= 11 is 5.96. The maximum Gasteiger partial charge on any atom is 0.342 e. The topological polar surface area (TPSA) is 109 Å². The number of pyridine rings is 1. The Balaban J connectivity index is 1.58. The highest BCUT2D eigenvalue weighted by Gasteiger charge is 2.30. The number of aromatic nitrogens is 3. The van der Waals surface area contributed by atoms with Crippen LogP contribution in [0, 0.1) is 0 Å². The molecule has 160 valence electrons. The molecule has 8 nitrogen and oxygen atoms in total. The summed E-state index contributed by atoms with van der Waals surface area (Å²) in [6.07, 6.45) is 4.36. The van der Waals surface area contributed by atoms with Crippen LogP contribution >= 0.6 is 11.6 Å². The van der Waals surface area contributed by atoms with E-state index in [4.69, 9.17) is 11.6 Å². The van der Waals surface area contributed by atoms with Crippen molar-refractivity contribution in [3.05, 3.63) is 59.0 Å². The number of nitrogens with one attached hydrogen (secondary N) is 2. The Morgan fingerprint density at radius 2 is 2.06 bits per heavy atom. The molecule has 1 aromatic carbocycles. The summed E-state index contributed by atoms with van der Waals surface area (Å²) in [5, 5.41) is 20.6. The first kappa shape index (κ1) is 20.9. The molecule has 31 heavy (non-hydrogen) atoms. The van der Waals surface area contributed by atoms with Crippen LogP contribution in [0.3, 0.4) is 0 Å². The van der Waals surface area contributed by atoms with Gasteiger partial charge < -0.3 is 15.7 Å². The fourth-order valence-corrected chi connectivity index (χ4v) is 3.45. The van der Waals surface area contributed by atoms with E-state index in [1.807, 2.05) is 13.0 Å². The minimum atomic E-state index is -0.432. The van der Waals surface area contributed by atoms with Gasteiger partial charge in [-0.05, 0) is 49.6 Å². The molecule has 2 aromatic heterocycles. The molecule has 1 fully saturated rings. The fraction of sp³-hybridized carbons (Fsp3) is 0.273. The summed E-state index contributed by atoms with van der Waals surface area (Å²) in [7, 11) is 0. The summed E-state index contributed by atoms with van der Waals surface area (Å²) < 4.78 is 1.39. The van der Waals surface area contributed by atoms with Crippen molar-refractivity contribution in [3.63, 3.8) is 0 Å². The lowest BCUT2D eigenvalue weighted by Gasteiger charge is -2.08. The number of hydrogen-bond donors (Lipinski definition) is 3. The van der Waals surface area contributed by atoms with Crippen molar-refractivity contribution >= 4 is 29.2 Å². The average molecular weight is 440 g/mol. The van der Waals surface area contributed by atoms with Gasteiger partial charge in [-0.1, -0.05) is 18.5 Å². The van der Waals surface area contributed by atoms with Crippen molar-refractivity contribution in [2.45, 2.75) is 32.1 Å². The molecule has 0 aliphatic heterocycles. The highest BCUT2D eigenvalue weighted by atomic mass is 35.5. The van der Waals surface area contributed by atoms with Gasteiger partial charge in [-0.25, -0.2) is 9.78 Å². The fourth-order valence-electron chi connectivity index (χ4n) is 3.25. The number of rotatable bonds is 6. The Hall–Kier alpha value is -3.39. The average Bonchev–Trinajstić information content (AvgIpc) is 3.51. The first-order valence-electron chi connectivity index (χ1n) is 10.1. The predicted molar refractivity (Wildman–Crippen MR) is 118 cm³/mol. The standard InChI is InChI=1S/C22H22ClN5O3/c1-2-9-25-22(31)28-18(13-5-6-13)12-17(27-28)15-8-7-14(11-19(15)29)26-21(30)16-4-3-10-24-20(16)23/h3-4,7-8,10-13,29H,2,5-6,9H2,1H3,(H,25,31)(H,26,30). The molecule has 2 heterocycles. The first-order valence-corrected chi connectivity index (χ1v) is 10.5. The number of carbonyl (C=O) groups excluding carboxylic acids is 2. The van der Waals surface area contributed by atoms with Gasteiger partial charge in [0.25, 0.3) is 5.91 Å². The van der Waals surface area contributed by atoms with Crippen molar-refractivity contribution in [3.8, 4) is 17.0 Å². The van der Waals surface area contributed by atoms with Gasteiger partial charge in [-0.3, -0.25) is 4.79 Å². The lowest BCUT2D eigenvalue weighted by atomic mass is 10.1. The molecule has 0 atom stereocenters. The number of phenolic OH excluding ortho intramolecular Hbond substituents is 1. The number of benzene rings is 1. The summed E-state index contributed by atoms with van der Waals surface area (Å²) in [5.41, 5.74) is 2.44. The van der Waals surface area contributed by atoms with E-state index in [2.05, 4.69) is 20.7 Å². The highest BCUT2D eigenvalue weighted by molar-refractivity contribution is 6.33. The minimum Gasteiger partial charge on any atom is -0.507 e. The molecule has 9 heteroatoms. The summed E-state index contributed by atoms with van der Waals surface area (Å²) in [4.78, 5) is 28.8. The molecule has 1 aliphatic carbocycles. The number of phenols is 1. The molecular formula is C22H22ClN5O3. The Morgan fingerprint density at radius 1 is 1.26 bits per heavy atom. The van der Waals surface area contributed by atoms with E-state index in [-0.39, 0.29) is 22.5 Å². The molecule has 0 spiro atoms. The van der Waals surface area contributed by atoms with Crippen LogP contribution in [0.15, 0.2) is 42.6 Å². The predicted octanol–water partition coefficient (Wildman–Crippen LogP) is 4.40. The third kappa shape index (κ3) is 4.54. The molecule has 1 saturated carbocycles. The van der Waals surface area contributed by atoms with E-state index in [1.165, 1.54) is 16.9 Å². The maximum atomic E-state index is 12.5. The molecule has 0 unspecified atom stereocenters. The third-order valence-corrected chi connectivity index (χ3v) is 5.29. The zero-order chi connectivity index (χ0) is 22.0. The SMILES string of the molecule is CCCNC(=O)n1nc(-c2ccc(NC(=O)c3cccnc3Cl)cc2O)cc1C1CC1. The van der Waals surface area contributed by atoms with Gasteiger partial charge in [0.1, 0.15) is 10.9 Å². The van der Waals surface area contributed by atoms with Crippen LogP contribution in [-0.4, -0.2) is 38.4 Å². The first-order chi connectivity index (χ1) is 15.0. The van der Waals surface area contributed by atoms with Gasteiger partial charge in [-0.2, -0.15) is 9.78 Å². The lowest BCUT2D eigenvalue weighted by molar-refractivity contribution is 0.102. The second-order valence-corrected chi connectivity index (χ2v) is 7.76. The highest BCUT2D eigenvalue weighted by Crippen LogP contribution is 2.42. The zero-order valence-corrected chi connectivity index (χ0v) is 17.7. The summed E-state index contributed by atoms with van der Waals surface area (Å²) in [6.45, 7) is 2.55. The molecule has 4 rings (SSSR count). The largest absolute Gasteiger partial charge is 0.507 e. The number of amides is 2. The number of carbonyl (C=O) groups is 2. The van der Waals surface area contributed by atoms with Crippen molar-refractivity contribution in [1.29, 1.82) is 0 Å². The van der Waals surface area contributed by atoms with Gasteiger partial charge in [0.15, 0.2) is 0 Å². The smallest absolute Gasteiger partial charge is 0.342 e. The van der Waals surface area contributed by atoms with E-state index in [9.17, 15) is 14.7 Å². The van der Waals surface area contributed by atoms with Crippen molar-refractivity contribution in [2.75, 3.05) is 11.9 Å². The Morgan fingerprint density at radius 3 is 2.74 bits per heavy atom. The molecule has 0 bridgehead atoms. The maximum absolute atomic E-state index is 12.5. The lowest BCUT2D eigenvalue weighted by Crippen LogP contribution is -2.31. The molecule has 0 radical (unpaired) electrons. The quantitative estimate of drug-likeness (QED) is 0.493. The van der Waals surface area contributed by atoms with Crippen LogP contribution < -0.4 is 10.6 Å². The second-order valence-electron chi connectivity index (χ2n) is 7.40. The van der Waals surface area contributed by atoms with Crippen molar-refractivity contribution in [2.24, 2.45) is 0 Å². The Kier molecular flexibility index (Phi) is 5.90. The van der Waals surface area contributed by atoms with Crippen LogP contribution in [0.25, 0.3) is 11.3 Å². The van der Waals surface area contributed by atoms with E-state index in [0.29, 0.717) is 29.4 Å². The van der Waals surface area contributed by atoms with Crippen molar-refractivity contribution < 1.29 is 14.7 Å². The molecule has 0 saturated heterocycles. The molecule has 3 aromatic rings. The third-order valence-electron chi connectivity index (χ3n) is 4.99. The molecule has 1 aliphatic rings. The van der Waals surface area contributed by atoms with E-state index in [1.54, 1.807) is 24.3 Å². The van der Waals surface area contributed by atoms with Gasteiger partial charge >= 0.3 is 6.03 Å². The number of halogens is 1. The van der Waals surface area contributed by atoms with Crippen molar-refractivity contribution in [1.82, 2.24) is 20.1 Å². The second kappa shape index (κ2) is 8.77. The van der Waals surface area contributed by atoms with Gasteiger partial charge in [0.05, 0.1) is 17.0 Å². The van der Waals surface area contributed by atoms with Crippen LogP contribution in [-0.2, 0) is 0 Å². The number of nitrogens with zero attached hydrogens (tertiary/aromatic N) is 3. The number of hydrogen-bond acceptors (Lipinski definition) is 5. The van der Waals surface area contributed by atoms with E-state index >= 15 is 0 Å². The van der Waals surface area contributed by atoms with Gasteiger partial charge in [0, 0.05) is 36.0 Å². The zero-order valence-electron chi connectivity index (χ0n) is 16.9. The normalized spacial score (nSPS) is 13.1. The monoisotopic (exact) mass is 439 g/mol. The molecule has 3 N–H and O–H groups in total. The molecule has 2 amide bonds. The summed E-state index contributed by atoms with van der Waals surface area (Å²) in [6, 6.07) is 9.50. The van der Waals surface area contributed by atoms with Crippen LogP contribution in [0.4, 0.5) is 10.5 Å². The van der Waals surface area contributed by atoms with Gasteiger partial charge in [0.2, 0.25) is 0 Å². The number of aromatic hydroxyl groups is 1. The summed E-state index contributed by atoms with van der Waals surface area (Å²) in [5.74, 6) is -0.187. The molecular weight excluding hydrogens is 418 g/mol. The van der Waals surface area contributed by atoms with E-state index in [0.717, 1.165) is 25.0 Å².